The van der Waals surface area contributed by atoms with Crippen molar-refractivity contribution in [2.75, 3.05) is 36.9 Å². The van der Waals surface area contributed by atoms with Gasteiger partial charge in [-0.25, -0.2) is 0 Å². The summed E-state index contributed by atoms with van der Waals surface area (Å²) >= 11 is 0. The molecule has 0 atom stereocenters. The second-order valence-electron chi connectivity index (χ2n) is 7.42. The summed E-state index contributed by atoms with van der Waals surface area (Å²) in [6.45, 7) is 6.45. The van der Waals surface area contributed by atoms with Crippen LogP contribution in [0.25, 0.3) is 0 Å². The molecule has 6 heteroatoms. The van der Waals surface area contributed by atoms with Gasteiger partial charge in [0, 0.05) is 36.1 Å². The number of likely N-dealkylation sites (tertiary alicyclic amines) is 1. The highest BCUT2D eigenvalue weighted by Crippen LogP contribution is 2.20. The number of hydrogen-bond donors (Lipinski definition) is 2. The highest BCUT2D eigenvalue weighted by atomic mass is 16.5. The zero-order valence-electron chi connectivity index (χ0n) is 17.1. The summed E-state index contributed by atoms with van der Waals surface area (Å²) < 4.78 is 5.46. The minimum Gasteiger partial charge on any atom is -0.494 e. The Morgan fingerprint density at radius 3 is 2.55 bits per heavy atom. The summed E-state index contributed by atoms with van der Waals surface area (Å²) in [6.07, 6.45) is 2.08. The molecule has 3 rings (SSSR count). The van der Waals surface area contributed by atoms with Crippen molar-refractivity contribution < 1.29 is 14.3 Å². The van der Waals surface area contributed by atoms with E-state index in [2.05, 4.69) is 17.6 Å². The number of benzene rings is 2. The van der Waals surface area contributed by atoms with Crippen LogP contribution in [-0.2, 0) is 4.79 Å². The summed E-state index contributed by atoms with van der Waals surface area (Å²) in [4.78, 5) is 26.9. The van der Waals surface area contributed by atoms with E-state index in [1.54, 1.807) is 24.3 Å². The summed E-state index contributed by atoms with van der Waals surface area (Å²) in [7, 11) is 0. The molecule has 0 aromatic heterocycles. The average Bonchev–Trinajstić information content (AvgIpc) is 2.73. The molecule has 154 valence electrons. The minimum absolute atomic E-state index is 0.0267. The first-order valence-electron chi connectivity index (χ1n) is 10.2. The lowest BCUT2D eigenvalue weighted by Crippen LogP contribution is -2.37. The number of hydrogen-bond acceptors (Lipinski definition) is 4. The predicted octanol–water partition coefficient (Wildman–Crippen LogP) is 4.01. The molecule has 0 radical (unpaired) electrons. The maximum absolute atomic E-state index is 12.7. The lowest BCUT2D eigenvalue weighted by molar-refractivity contribution is -0.114. The van der Waals surface area contributed by atoms with Gasteiger partial charge in [-0.15, -0.1) is 0 Å². The van der Waals surface area contributed by atoms with Crippen molar-refractivity contribution in [2.24, 2.45) is 5.92 Å². The third-order valence-corrected chi connectivity index (χ3v) is 5.06. The summed E-state index contributed by atoms with van der Waals surface area (Å²) in [5.41, 5.74) is 2.04. The van der Waals surface area contributed by atoms with Gasteiger partial charge in [0.1, 0.15) is 5.75 Å². The maximum Gasteiger partial charge on any atom is 0.253 e. The molecule has 2 aromatic rings. The quantitative estimate of drug-likeness (QED) is 0.743. The molecule has 0 unspecified atom stereocenters. The van der Waals surface area contributed by atoms with Crippen LogP contribution in [0.3, 0.4) is 0 Å². The fourth-order valence-corrected chi connectivity index (χ4v) is 3.37. The molecule has 1 fully saturated rings. The molecule has 0 spiro atoms. The molecule has 1 aliphatic rings. The second kappa shape index (κ2) is 9.96. The fourth-order valence-electron chi connectivity index (χ4n) is 3.37. The van der Waals surface area contributed by atoms with Crippen LogP contribution in [0.5, 0.6) is 5.75 Å². The van der Waals surface area contributed by atoms with Crippen LogP contribution >= 0.6 is 0 Å². The van der Waals surface area contributed by atoms with Gasteiger partial charge < -0.3 is 20.3 Å². The minimum atomic E-state index is -0.178. The van der Waals surface area contributed by atoms with Crippen LogP contribution in [0, 0.1) is 5.92 Å². The fraction of sp³-hybridized carbons (Fsp3) is 0.391. The molecular weight excluding hydrogens is 366 g/mol. The van der Waals surface area contributed by atoms with Gasteiger partial charge in [-0.1, -0.05) is 19.1 Å². The van der Waals surface area contributed by atoms with Crippen molar-refractivity contribution in [2.45, 2.75) is 26.7 Å². The predicted molar refractivity (Wildman–Crippen MR) is 115 cm³/mol. The highest BCUT2D eigenvalue weighted by molar-refractivity contribution is 5.98. The number of amides is 2. The smallest absolute Gasteiger partial charge is 0.253 e. The van der Waals surface area contributed by atoms with E-state index >= 15 is 0 Å². The summed E-state index contributed by atoms with van der Waals surface area (Å²) in [5, 5.41) is 5.94. The van der Waals surface area contributed by atoms with E-state index in [-0.39, 0.29) is 18.4 Å². The third-order valence-electron chi connectivity index (χ3n) is 5.06. The van der Waals surface area contributed by atoms with Gasteiger partial charge in [0.15, 0.2) is 0 Å². The average molecular weight is 396 g/mol. The van der Waals surface area contributed by atoms with Crippen LogP contribution in [0.2, 0.25) is 0 Å². The number of rotatable bonds is 7. The van der Waals surface area contributed by atoms with Crippen LogP contribution in [0.15, 0.2) is 48.5 Å². The molecule has 0 saturated carbocycles. The van der Waals surface area contributed by atoms with Crippen LogP contribution in [0.4, 0.5) is 11.4 Å². The molecule has 2 aromatic carbocycles. The largest absolute Gasteiger partial charge is 0.494 e. The van der Waals surface area contributed by atoms with E-state index in [4.69, 9.17) is 4.74 Å². The maximum atomic E-state index is 12.7. The van der Waals surface area contributed by atoms with Crippen molar-refractivity contribution >= 4 is 23.2 Å². The van der Waals surface area contributed by atoms with E-state index in [1.165, 1.54) is 0 Å². The number of ether oxygens (including phenoxy) is 1. The molecule has 0 aliphatic carbocycles. The van der Waals surface area contributed by atoms with E-state index in [1.807, 2.05) is 36.1 Å². The molecular formula is C23H29N3O3. The molecule has 1 saturated heterocycles. The Bertz CT molecular complexity index is 845. The Morgan fingerprint density at radius 1 is 1.07 bits per heavy atom. The Labute approximate surface area is 172 Å². The van der Waals surface area contributed by atoms with Crippen LogP contribution in [-0.4, -0.2) is 43.0 Å². The Balaban J connectivity index is 1.55. The van der Waals surface area contributed by atoms with Crippen LogP contribution in [0.1, 0.15) is 37.0 Å². The first-order chi connectivity index (χ1) is 14.0. The van der Waals surface area contributed by atoms with Gasteiger partial charge >= 0.3 is 0 Å². The Hall–Kier alpha value is -3.02. The monoisotopic (exact) mass is 395 g/mol. The van der Waals surface area contributed by atoms with Crippen molar-refractivity contribution in [1.82, 2.24) is 4.90 Å². The van der Waals surface area contributed by atoms with Crippen molar-refractivity contribution in [3.8, 4) is 5.75 Å². The van der Waals surface area contributed by atoms with Crippen LogP contribution < -0.4 is 15.4 Å². The number of nitrogens with one attached hydrogen (secondary N) is 2. The van der Waals surface area contributed by atoms with Gasteiger partial charge in [0.25, 0.3) is 5.91 Å². The Kier molecular flexibility index (Phi) is 7.11. The zero-order chi connectivity index (χ0) is 20.6. The first-order valence-corrected chi connectivity index (χ1v) is 10.2. The molecule has 1 aliphatic heterocycles. The summed E-state index contributed by atoms with van der Waals surface area (Å²) in [5.74, 6) is 1.28. The molecule has 1 heterocycles. The number of nitrogens with zero attached hydrogens (tertiary/aromatic N) is 1. The number of carbonyl (C=O) groups is 2. The normalized spacial score (nSPS) is 14.3. The topological polar surface area (TPSA) is 70.7 Å². The zero-order valence-corrected chi connectivity index (χ0v) is 17.1. The van der Waals surface area contributed by atoms with E-state index in [0.717, 1.165) is 37.4 Å². The van der Waals surface area contributed by atoms with Crippen molar-refractivity contribution in [3.63, 3.8) is 0 Å². The van der Waals surface area contributed by atoms with Crippen molar-refractivity contribution in [3.05, 3.63) is 54.1 Å². The van der Waals surface area contributed by atoms with Gasteiger partial charge in [-0.05, 0) is 56.0 Å². The lowest BCUT2D eigenvalue weighted by atomic mass is 9.98. The molecule has 29 heavy (non-hydrogen) atoms. The van der Waals surface area contributed by atoms with Gasteiger partial charge in [0.05, 0.1) is 13.2 Å². The van der Waals surface area contributed by atoms with Crippen molar-refractivity contribution in [1.29, 1.82) is 0 Å². The van der Waals surface area contributed by atoms with E-state index < -0.39 is 0 Å². The Morgan fingerprint density at radius 2 is 1.79 bits per heavy atom. The molecule has 0 bridgehead atoms. The van der Waals surface area contributed by atoms with E-state index in [9.17, 15) is 9.59 Å². The number of anilines is 2. The third kappa shape index (κ3) is 5.98. The highest BCUT2D eigenvalue weighted by Gasteiger charge is 2.21. The SMILES string of the molecule is CCOc1cccc(NCC(=O)Nc2cccc(C(=O)N3CCC(C)CC3)c2)c1. The lowest BCUT2D eigenvalue weighted by Gasteiger charge is -2.30. The van der Waals surface area contributed by atoms with Gasteiger partial charge in [-0.3, -0.25) is 9.59 Å². The molecule has 2 amide bonds. The molecule has 6 nitrogen and oxygen atoms in total. The van der Waals surface area contributed by atoms with Gasteiger partial charge in [0.2, 0.25) is 5.91 Å². The molecule has 2 N–H and O–H groups in total. The van der Waals surface area contributed by atoms with E-state index in [0.29, 0.717) is 23.8 Å². The second-order valence-corrected chi connectivity index (χ2v) is 7.42. The summed E-state index contributed by atoms with van der Waals surface area (Å²) in [6, 6.07) is 14.6. The number of carbonyl (C=O) groups excluding carboxylic acids is 2. The standard InChI is InChI=1S/C23H29N3O3/c1-3-29-21-9-5-7-19(15-21)24-16-22(27)25-20-8-4-6-18(14-20)23(28)26-12-10-17(2)11-13-26/h4-9,14-15,17,24H,3,10-13,16H2,1-2H3,(H,25,27). The number of piperidine rings is 1. The van der Waals surface area contributed by atoms with Gasteiger partial charge in [-0.2, -0.15) is 0 Å². The first kappa shape index (κ1) is 20.7.